The first kappa shape index (κ1) is 36.9. The topological polar surface area (TPSA) is 109 Å². The van der Waals surface area contributed by atoms with E-state index in [0.29, 0.717) is 38.0 Å². The van der Waals surface area contributed by atoms with E-state index in [1.807, 2.05) is 27.7 Å². The summed E-state index contributed by atoms with van der Waals surface area (Å²) in [6.07, 6.45) is 7.37. The molecule has 4 aliphatic rings. The summed E-state index contributed by atoms with van der Waals surface area (Å²) < 4.78 is 29.9. The van der Waals surface area contributed by atoms with Crippen molar-refractivity contribution < 1.29 is 38.1 Å². The molecule has 0 heterocycles. The summed E-state index contributed by atoms with van der Waals surface area (Å²) in [7, 11) is 3.54. The minimum atomic E-state index is -0.816. The van der Waals surface area contributed by atoms with Crippen LogP contribution in [0.15, 0.2) is 0 Å². The van der Waals surface area contributed by atoms with Crippen LogP contribution in [0.25, 0.3) is 0 Å². The van der Waals surface area contributed by atoms with E-state index in [0.717, 1.165) is 32.0 Å². The minimum Gasteiger partial charge on any atom is -0.458 e. The Morgan fingerprint density at radius 3 is 1.98 bits per heavy atom. The maximum absolute atomic E-state index is 13.7. The van der Waals surface area contributed by atoms with Crippen LogP contribution in [0.1, 0.15) is 127 Å². The zero-order valence-corrected chi connectivity index (χ0v) is 29.7. The number of carbonyl (C=O) groups is 3. The van der Waals surface area contributed by atoms with Crippen LogP contribution in [0, 0.1) is 16.7 Å². The third kappa shape index (κ3) is 7.37. The lowest BCUT2D eigenvalue weighted by atomic mass is 9.52. The molecule has 44 heavy (non-hydrogen) atoms. The molecule has 0 aromatic rings. The van der Waals surface area contributed by atoms with E-state index >= 15 is 0 Å². The van der Waals surface area contributed by atoms with Crippen molar-refractivity contribution in [3.8, 4) is 0 Å². The second-order valence-corrected chi connectivity index (χ2v) is 16.7. The van der Waals surface area contributed by atoms with Gasteiger partial charge in [-0.15, -0.1) is 0 Å². The van der Waals surface area contributed by atoms with Gasteiger partial charge in [-0.1, -0.05) is 34.6 Å². The summed E-state index contributed by atoms with van der Waals surface area (Å²) in [4.78, 5) is 37.6. The van der Waals surface area contributed by atoms with Gasteiger partial charge in [0.2, 0.25) is 0 Å². The van der Waals surface area contributed by atoms with Crippen molar-refractivity contribution >= 4 is 18.2 Å². The average Bonchev–Trinajstić information content (AvgIpc) is 3.21. The fourth-order valence-electron chi connectivity index (χ4n) is 8.44. The Bertz CT molecular complexity index is 1060. The second-order valence-electron chi connectivity index (χ2n) is 16.7. The smallest absolute Gasteiger partial charge is 0.332 e. The summed E-state index contributed by atoms with van der Waals surface area (Å²) in [5, 5.41) is 3.22. The fraction of sp³-hybridized carbons (Fsp3) is 0.914. The van der Waals surface area contributed by atoms with E-state index in [1.165, 1.54) is 0 Å². The number of rotatable bonds is 14. The summed E-state index contributed by atoms with van der Waals surface area (Å²) in [6, 6.07) is 0. The number of nitrogens with one attached hydrogen (secondary N) is 1. The average molecular weight is 624 g/mol. The van der Waals surface area contributed by atoms with Gasteiger partial charge in [-0.3, -0.25) is 4.79 Å². The molecule has 0 radical (unpaired) electrons. The molecule has 6 unspecified atom stereocenters. The van der Waals surface area contributed by atoms with E-state index in [4.69, 9.17) is 23.7 Å². The monoisotopic (exact) mass is 623 g/mol. The van der Waals surface area contributed by atoms with Gasteiger partial charge >= 0.3 is 11.9 Å². The zero-order valence-electron chi connectivity index (χ0n) is 29.7. The molecule has 4 saturated carbocycles. The Morgan fingerprint density at radius 2 is 1.48 bits per heavy atom. The van der Waals surface area contributed by atoms with Crippen LogP contribution in [0.4, 0.5) is 0 Å². The Kier molecular flexibility index (Phi) is 10.5. The summed E-state index contributed by atoms with van der Waals surface area (Å²) in [5.74, 6) is -0.282. The highest BCUT2D eigenvalue weighted by Crippen LogP contribution is 2.81. The van der Waals surface area contributed by atoms with E-state index in [1.54, 1.807) is 14.2 Å². The first-order valence-corrected chi connectivity index (χ1v) is 16.5. The SMILES string of the molecule is CCC(C)(C)OC.CCC(C)(C)OC(=O)COC12CC3CC4(OC(=O)C(C)(CC(C)(C)C)NC)CC(OCC=O)(C1)CC32C4. The largest absolute Gasteiger partial charge is 0.458 e. The lowest BCUT2D eigenvalue weighted by Gasteiger charge is -2.57. The number of carbonyl (C=O) groups excluding carboxylic acids is 3. The number of hydrogen-bond donors (Lipinski definition) is 1. The van der Waals surface area contributed by atoms with Gasteiger partial charge in [-0.2, -0.15) is 0 Å². The molecule has 9 nitrogen and oxygen atoms in total. The molecule has 4 fully saturated rings. The maximum atomic E-state index is 13.7. The molecule has 4 aliphatic carbocycles. The van der Waals surface area contributed by atoms with Gasteiger partial charge in [0, 0.05) is 25.4 Å². The third-order valence-electron chi connectivity index (χ3n) is 11.2. The predicted molar refractivity (Wildman–Crippen MR) is 169 cm³/mol. The Balaban J connectivity index is 0.000000676. The maximum Gasteiger partial charge on any atom is 0.332 e. The molecule has 1 N–H and O–H groups in total. The van der Waals surface area contributed by atoms with E-state index in [2.05, 4.69) is 46.9 Å². The molecule has 4 rings (SSSR count). The van der Waals surface area contributed by atoms with Gasteiger partial charge in [0.1, 0.15) is 36.2 Å². The number of likely N-dealkylation sites (N-methyl/N-ethyl adjacent to an activating group) is 1. The highest BCUT2D eigenvalue weighted by Gasteiger charge is 2.83. The second kappa shape index (κ2) is 12.6. The molecule has 9 heteroatoms. The van der Waals surface area contributed by atoms with Crippen LogP contribution in [-0.2, 0) is 38.1 Å². The van der Waals surface area contributed by atoms with Crippen LogP contribution < -0.4 is 5.32 Å². The lowest BCUT2D eigenvalue weighted by molar-refractivity contribution is -0.222. The quantitative estimate of drug-likeness (QED) is 0.186. The molecule has 0 aromatic carbocycles. The molecule has 0 amide bonds. The Hall–Kier alpha value is -1.55. The van der Waals surface area contributed by atoms with Gasteiger partial charge in [-0.05, 0) is 97.9 Å². The van der Waals surface area contributed by atoms with Gasteiger partial charge in [0.05, 0.1) is 16.8 Å². The Labute approximate surface area is 266 Å². The van der Waals surface area contributed by atoms with Gasteiger partial charge < -0.3 is 33.8 Å². The Morgan fingerprint density at radius 1 is 0.864 bits per heavy atom. The minimum absolute atomic E-state index is 0.00810. The molecule has 0 aliphatic heterocycles. The van der Waals surface area contributed by atoms with E-state index in [-0.39, 0.29) is 41.6 Å². The van der Waals surface area contributed by atoms with Gasteiger partial charge in [0.25, 0.3) is 0 Å². The van der Waals surface area contributed by atoms with Crippen LogP contribution in [-0.4, -0.2) is 79.1 Å². The molecule has 254 valence electrons. The van der Waals surface area contributed by atoms with Crippen LogP contribution >= 0.6 is 0 Å². The van der Waals surface area contributed by atoms with Crippen molar-refractivity contribution in [3.63, 3.8) is 0 Å². The van der Waals surface area contributed by atoms with Crippen molar-refractivity contribution in [1.82, 2.24) is 5.32 Å². The van der Waals surface area contributed by atoms with Crippen LogP contribution in [0.5, 0.6) is 0 Å². The first-order valence-electron chi connectivity index (χ1n) is 16.5. The molecule has 1 spiro atoms. The van der Waals surface area contributed by atoms with E-state index < -0.39 is 27.9 Å². The molecule has 0 aromatic heterocycles. The number of fused-ring (bicyclic) bond motifs is 2. The number of ether oxygens (including phenoxy) is 5. The van der Waals surface area contributed by atoms with Crippen molar-refractivity contribution in [1.29, 1.82) is 0 Å². The normalized spacial score (nSPS) is 33.4. The fourth-order valence-corrected chi connectivity index (χ4v) is 8.44. The van der Waals surface area contributed by atoms with Crippen molar-refractivity contribution in [3.05, 3.63) is 0 Å². The third-order valence-corrected chi connectivity index (χ3v) is 11.2. The number of methoxy groups -OCH3 is 1. The molecular formula is C35H61NO8. The summed E-state index contributed by atoms with van der Waals surface area (Å²) >= 11 is 0. The van der Waals surface area contributed by atoms with Crippen molar-refractivity contribution in [2.45, 2.75) is 161 Å². The van der Waals surface area contributed by atoms with Crippen LogP contribution in [0.3, 0.4) is 0 Å². The predicted octanol–water partition coefficient (Wildman–Crippen LogP) is 5.94. The number of hydrogen-bond acceptors (Lipinski definition) is 9. The molecular weight excluding hydrogens is 562 g/mol. The van der Waals surface area contributed by atoms with E-state index in [9.17, 15) is 14.4 Å². The molecule has 6 atom stereocenters. The number of esters is 2. The zero-order chi connectivity index (χ0) is 33.5. The lowest BCUT2D eigenvalue weighted by Crippen LogP contribution is -2.60. The molecule has 0 saturated heterocycles. The standard InChI is InChI=1S/C29H47NO7.C6H14O/c1-9-24(5,6)36-21(32)14-35-29-13-20-12-26(37-22(33)25(7,30-8)15-23(2,3)4)16-27(19-29,34-11-10-31)18-28(20,29)17-26;1-5-6(2,3)7-4/h10,20,30H,9,11-19H2,1-8H3;5H2,1-4H3. The highest BCUT2D eigenvalue weighted by atomic mass is 16.6. The summed E-state index contributed by atoms with van der Waals surface area (Å²) in [6.45, 7) is 20.2. The van der Waals surface area contributed by atoms with Crippen LogP contribution in [0.2, 0.25) is 0 Å². The van der Waals surface area contributed by atoms with Crippen molar-refractivity contribution in [2.75, 3.05) is 27.4 Å². The first-order chi connectivity index (χ1) is 20.1. The van der Waals surface area contributed by atoms with Gasteiger partial charge in [0.15, 0.2) is 0 Å². The number of aldehydes is 1. The van der Waals surface area contributed by atoms with Gasteiger partial charge in [-0.25, -0.2) is 4.79 Å². The highest BCUT2D eigenvalue weighted by molar-refractivity contribution is 5.81. The molecule has 3 bridgehead atoms. The summed E-state index contributed by atoms with van der Waals surface area (Å²) in [5.41, 5.74) is -3.37. The van der Waals surface area contributed by atoms with Crippen molar-refractivity contribution in [2.24, 2.45) is 16.7 Å².